The van der Waals surface area contributed by atoms with Gasteiger partial charge in [-0.25, -0.2) is 8.42 Å². The van der Waals surface area contributed by atoms with Crippen LogP contribution >= 0.6 is 0 Å². The number of benzene rings is 1. The molecule has 10 heteroatoms. The van der Waals surface area contributed by atoms with Crippen LogP contribution in [0.15, 0.2) is 35.2 Å². The first-order valence-corrected chi connectivity index (χ1v) is 12.5. The quantitative estimate of drug-likeness (QED) is 0.516. The lowest BCUT2D eigenvalue weighted by molar-refractivity contribution is -0.140. The second-order valence-corrected chi connectivity index (χ2v) is 9.97. The Morgan fingerprint density at radius 1 is 1.12 bits per heavy atom. The van der Waals surface area contributed by atoms with Gasteiger partial charge in [-0.3, -0.25) is 14.4 Å². The van der Waals surface area contributed by atoms with Crippen LogP contribution in [0, 0.1) is 5.92 Å². The van der Waals surface area contributed by atoms with E-state index in [1.54, 1.807) is 18.2 Å². The number of hydrogen-bond acceptors (Lipinski definition) is 6. The molecule has 1 aliphatic heterocycles. The molecule has 0 spiro atoms. The van der Waals surface area contributed by atoms with Crippen molar-refractivity contribution in [1.29, 1.82) is 0 Å². The van der Waals surface area contributed by atoms with E-state index in [9.17, 15) is 22.8 Å². The summed E-state index contributed by atoms with van der Waals surface area (Å²) in [6.45, 7) is 4.83. The van der Waals surface area contributed by atoms with Gasteiger partial charge in [0.1, 0.15) is 6.04 Å². The highest BCUT2D eigenvalue weighted by Gasteiger charge is 2.31. The molecule has 3 N–H and O–H groups in total. The highest BCUT2D eigenvalue weighted by atomic mass is 32.2. The van der Waals surface area contributed by atoms with Crippen LogP contribution in [-0.2, 0) is 29.1 Å². The number of sulfonamides is 1. The minimum Gasteiger partial charge on any atom is -0.380 e. The van der Waals surface area contributed by atoms with E-state index in [2.05, 4.69) is 15.4 Å². The lowest BCUT2D eigenvalue weighted by atomic mass is 10.0. The van der Waals surface area contributed by atoms with Crippen molar-refractivity contribution >= 4 is 27.6 Å². The summed E-state index contributed by atoms with van der Waals surface area (Å²) in [5.41, 5.74) is 0. The highest BCUT2D eigenvalue weighted by Crippen LogP contribution is 2.13. The van der Waals surface area contributed by atoms with Crippen LogP contribution in [0.4, 0.5) is 0 Å². The Balaban J connectivity index is 2.16. The average molecular weight is 468 g/mol. The summed E-state index contributed by atoms with van der Waals surface area (Å²) in [7, 11) is -3.94. The summed E-state index contributed by atoms with van der Waals surface area (Å²) in [6.07, 6.45) is 2.76. The molecule has 1 aromatic carbocycles. The fourth-order valence-electron chi connectivity index (χ4n) is 3.39. The zero-order chi connectivity index (χ0) is 23.6. The molecule has 2 rings (SSSR count). The lowest BCUT2D eigenvalue weighted by Crippen LogP contribution is -2.54. The number of ketones is 1. The van der Waals surface area contributed by atoms with Gasteiger partial charge in [0.05, 0.1) is 17.5 Å². The van der Waals surface area contributed by atoms with Gasteiger partial charge >= 0.3 is 0 Å². The van der Waals surface area contributed by atoms with E-state index in [4.69, 9.17) is 4.74 Å². The molecule has 2 amide bonds. The molecule has 1 saturated heterocycles. The molecule has 0 aromatic heterocycles. The average Bonchev–Trinajstić information content (AvgIpc) is 2.75. The summed E-state index contributed by atoms with van der Waals surface area (Å²) in [6, 6.07) is 5.68. The Hall–Kier alpha value is -2.30. The van der Waals surface area contributed by atoms with E-state index in [1.807, 2.05) is 13.8 Å². The lowest BCUT2D eigenvalue weighted by Gasteiger charge is -2.24. The highest BCUT2D eigenvalue weighted by molar-refractivity contribution is 7.89. The van der Waals surface area contributed by atoms with Gasteiger partial charge < -0.3 is 15.4 Å². The maximum atomic E-state index is 13.0. The molecule has 32 heavy (non-hydrogen) atoms. The molecule has 1 aliphatic rings. The van der Waals surface area contributed by atoms with E-state index in [0.29, 0.717) is 19.6 Å². The Morgan fingerprint density at radius 3 is 2.53 bits per heavy atom. The third-order valence-electron chi connectivity index (χ3n) is 5.04. The van der Waals surface area contributed by atoms with Crippen molar-refractivity contribution in [2.24, 2.45) is 5.92 Å². The van der Waals surface area contributed by atoms with Gasteiger partial charge in [0, 0.05) is 13.2 Å². The number of ether oxygens (including phenoxy) is 1. The Bertz CT molecular complexity index is 873. The van der Waals surface area contributed by atoms with Crippen molar-refractivity contribution in [3.05, 3.63) is 30.3 Å². The number of amides is 2. The van der Waals surface area contributed by atoms with Crippen LogP contribution in [0.1, 0.15) is 46.0 Å². The number of Topliss-reactive ketones (excluding diaryl/α,β-unsaturated/α-hetero) is 1. The molecule has 0 aliphatic carbocycles. The molecule has 9 nitrogen and oxygen atoms in total. The summed E-state index contributed by atoms with van der Waals surface area (Å²) in [4.78, 5) is 37.9. The van der Waals surface area contributed by atoms with Crippen molar-refractivity contribution in [3.8, 4) is 0 Å². The van der Waals surface area contributed by atoms with Crippen LogP contribution < -0.4 is 15.4 Å². The largest absolute Gasteiger partial charge is 0.380 e. The summed E-state index contributed by atoms with van der Waals surface area (Å²) in [5, 5.41) is 5.12. The van der Waals surface area contributed by atoms with Crippen LogP contribution in [0.5, 0.6) is 0 Å². The van der Waals surface area contributed by atoms with E-state index in [-0.39, 0.29) is 30.2 Å². The van der Waals surface area contributed by atoms with Gasteiger partial charge in [0.25, 0.3) is 5.91 Å². The summed E-state index contributed by atoms with van der Waals surface area (Å²) in [5.74, 6) is -2.14. The second kappa shape index (κ2) is 12.7. The minimum absolute atomic E-state index is 0.0135. The van der Waals surface area contributed by atoms with Crippen LogP contribution in [0.25, 0.3) is 0 Å². The van der Waals surface area contributed by atoms with Crippen molar-refractivity contribution in [1.82, 2.24) is 15.4 Å². The molecular weight excluding hydrogens is 434 g/mol. The van der Waals surface area contributed by atoms with Crippen molar-refractivity contribution in [3.63, 3.8) is 0 Å². The molecule has 0 radical (unpaired) electrons. The fourth-order valence-corrected chi connectivity index (χ4v) is 4.62. The fraction of sp³-hybridized carbons (Fsp3) is 0.591. The second-order valence-electron chi connectivity index (χ2n) is 8.26. The first-order valence-electron chi connectivity index (χ1n) is 11.0. The maximum Gasteiger partial charge on any atom is 0.289 e. The molecule has 0 saturated carbocycles. The monoisotopic (exact) mass is 467 g/mol. The van der Waals surface area contributed by atoms with Crippen LogP contribution in [0.2, 0.25) is 0 Å². The molecule has 1 heterocycles. The minimum atomic E-state index is -3.94. The van der Waals surface area contributed by atoms with Gasteiger partial charge in [-0.15, -0.1) is 0 Å². The third kappa shape index (κ3) is 8.33. The zero-order valence-corrected chi connectivity index (χ0v) is 19.4. The topological polar surface area (TPSA) is 131 Å². The van der Waals surface area contributed by atoms with Crippen LogP contribution in [-0.4, -0.2) is 57.9 Å². The first kappa shape index (κ1) is 26.0. The van der Waals surface area contributed by atoms with Gasteiger partial charge in [0.2, 0.25) is 21.7 Å². The zero-order valence-electron chi connectivity index (χ0n) is 18.6. The third-order valence-corrected chi connectivity index (χ3v) is 6.53. The van der Waals surface area contributed by atoms with Gasteiger partial charge in [-0.1, -0.05) is 44.9 Å². The Kier molecular flexibility index (Phi) is 10.3. The van der Waals surface area contributed by atoms with E-state index in [1.165, 1.54) is 12.1 Å². The number of nitrogens with one attached hydrogen (secondary N) is 3. The molecule has 178 valence electrons. The van der Waals surface area contributed by atoms with Gasteiger partial charge in [-0.05, 0) is 37.3 Å². The van der Waals surface area contributed by atoms with Crippen LogP contribution in [0.3, 0.4) is 0 Å². The number of carbonyl (C=O) groups excluding carboxylic acids is 3. The predicted molar refractivity (Wildman–Crippen MR) is 119 cm³/mol. The summed E-state index contributed by atoms with van der Waals surface area (Å²) >= 11 is 0. The summed E-state index contributed by atoms with van der Waals surface area (Å²) < 4.78 is 33.3. The Morgan fingerprint density at radius 2 is 1.84 bits per heavy atom. The van der Waals surface area contributed by atoms with Crippen molar-refractivity contribution < 1.29 is 27.5 Å². The number of carbonyl (C=O) groups is 3. The molecule has 1 aromatic rings. The molecule has 2 unspecified atom stereocenters. The molecule has 0 bridgehead atoms. The van der Waals surface area contributed by atoms with Gasteiger partial charge in [-0.2, -0.15) is 4.72 Å². The molecule has 1 fully saturated rings. The standard InChI is InChI=1S/C22H33N3O6S/c1-16(2)15-19(25-32(29,30)17-9-5-3-6-10-17)21(27)24-18-11-7-4-8-13-31-14-12-23-22(28)20(18)26/h3,5-6,9-10,16,18-19,25H,4,7-8,11-15H2,1-2H3,(H,23,28)(H,24,27). The van der Waals surface area contributed by atoms with E-state index in [0.717, 1.165) is 12.8 Å². The van der Waals surface area contributed by atoms with Crippen molar-refractivity contribution in [2.75, 3.05) is 19.8 Å². The number of hydrogen-bond donors (Lipinski definition) is 3. The van der Waals surface area contributed by atoms with E-state index >= 15 is 0 Å². The maximum absolute atomic E-state index is 13.0. The predicted octanol–water partition coefficient (Wildman–Crippen LogP) is 1.14. The number of rotatable bonds is 7. The first-order chi connectivity index (χ1) is 15.2. The van der Waals surface area contributed by atoms with Gasteiger partial charge in [0.15, 0.2) is 0 Å². The van der Waals surface area contributed by atoms with E-state index < -0.39 is 39.7 Å². The normalized spacial score (nSPS) is 20.0. The smallest absolute Gasteiger partial charge is 0.289 e. The molecular formula is C22H33N3O6S. The van der Waals surface area contributed by atoms with Crippen molar-refractivity contribution in [2.45, 2.75) is 62.9 Å². The SMILES string of the molecule is CC(C)CC(NS(=O)(=O)c1ccccc1)C(=O)NC1CCCCCOCCNC(=O)C1=O. The Labute approximate surface area is 189 Å². The molecule has 2 atom stereocenters.